The summed E-state index contributed by atoms with van der Waals surface area (Å²) < 4.78 is 41.9. The molecule has 0 saturated carbocycles. The summed E-state index contributed by atoms with van der Waals surface area (Å²) in [5, 5.41) is 2.71. The van der Waals surface area contributed by atoms with Gasteiger partial charge >= 0.3 is 0 Å². The lowest BCUT2D eigenvalue weighted by atomic mass is 10.2. The van der Waals surface area contributed by atoms with Crippen LogP contribution in [0.5, 0.6) is 11.5 Å². The number of amides is 1. The van der Waals surface area contributed by atoms with E-state index in [0.717, 1.165) is 17.1 Å². The molecule has 0 spiro atoms. The van der Waals surface area contributed by atoms with Crippen LogP contribution in [0.25, 0.3) is 0 Å². The molecule has 9 heteroatoms. The summed E-state index contributed by atoms with van der Waals surface area (Å²) in [5.74, 6) is 0.361. The first-order valence-electron chi connectivity index (χ1n) is 7.95. The standard InChI is InChI=1S/C16H24N2O6S/c1-18(11-16(19)17-10-12-5-4-8-24-12)25(20,21)13-6-7-14(22-2)15(9-13)23-3/h6-7,9,12H,4-5,8,10-11H2,1-3H3,(H,17,19)/t12-/m1/s1. The lowest BCUT2D eigenvalue weighted by molar-refractivity contribution is -0.121. The first-order valence-corrected chi connectivity index (χ1v) is 9.39. The van der Waals surface area contributed by atoms with Gasteiger partial charge in [-0.1, -0.05) is 0 Å². The summed E-state index contributed by atoms with van der Waals surface area (Å²) in [7, 11) is 0.431. The third-order valence-electron chi connectivity index (χ3n) is 3.98. The van der Waals surface area contributed by atoms with Gasteiger partial charge in [0.1, 0.15) is 0 Å². The maximum absolute atomic E-state index is 12.6. The lowest BCUT2D eigenvalue weighted by Crippen LogP contribution is -2.40. The highest BCUT2D eigenvalue weighted by Gasteiger charge is 2.25. The van der Waals surface area contributed by atoms with Crippen LogP contribution in [0.1, 0.15) is 12.8 Å². The minimum atomic E-state index is -3.82. The number of rotatable bonds is 8. The smallest absolute Gasteiger partial charge is 0.243 e. The van der Waals surface area contributed by atoms with Gasteiger partial charge in [-0.3, -0.25) is 4.79 Å². The second kappa shape index (κ2) is 8.50. The molecule has 0 aromatic heterocycles. The molecular weight excluding hydrogens is 348 g/mol. The number of benzene rings is 1. The lowest BCUT2D eigenvalue weighted by Gasteiger charge is -2.18. The van der Waals surface area contributed by atoms with E-state index in [1.165, 1.54) is 39.5 Å². The number of nitrogens with one attached hydrogen (secondary N) is 1. The quantitative estimate of drug-likeness (QED) is 0.719. The Kier molecular flexibility index (Phi) is 6.63. The van der Waals surface area contributed by atoms with E-state index in [0.29, 0.717) is 24.7 Å². The Balaban J connectivity index is 2.01. The van der Waals surface area contributed by atoms with E-state index >= 15 is 0 Å². The Bertz CT molecular complexity index is 701. The van der Waals surface area contributed by atoms with Crippen molar-refractivity contribution in [2.24, 2.45) is 0 Å². The van der Waals surface area contributed by atoms with Crippen molar-refractivity contribution in [1.82, 2.24) is 9.62 Å². The molecule has 1 aromatic rings. The van der Waals surface area contributed by atoms with Gasteiger partial charge in [-0.25, -0.2) is 8.42 Å². The monoisotopic (exact) mass is 372 g/mol. The van der Waals surface area contributed by atoms with Gasteiger partial charge in [0.2, 0.25) is 15.9 Å². The van der Waals surface area contributed by atoms with Crippen molar-refractivity contribution in [3.63, 3.8) is 0 Å². The maximum atomic E-state index is 12.6. The highest BCUT2D eigenvalue weighted by molar-refractivity contribution is 7.89. The molecule has 1 aliphatic heterocycles. The molecule has 1 aromatic carbocycles. The number of hydrogen-bond acceptors (Lipinski definition) is 6. The zero-order valence-corrected chi connectivity index (χ0v) is 15.5. The van der Waals surface area contributed by atoms with Crippen molar-refractivity contribution in [2.45, 2.75) is 23.8 Å². The zero-order chi connectivity index (χ0) is 18.4. The number of carbonyl (C=O) groups excluding carboxylic acids is 1. The molecule has 1 aliphatic rings. The fourth-order valence-corrected chi connectivity index (χ4v) is 3.68. The van der Waals surface area contributed by atoms with Gasteiger partial charge in [0.05, 0.1) is 31.8 Å². The number of hydrogen-bond donors (Lipinski definition) is 1. The summed E-state index contributed by atoms with van der Waals surface area (Å²) >= 11 is 0. The van der Waals surface area contributed by atoms with Gasteiger partial charge in [-0.2, -0.15) is 4.31 Å². The summed E-state index contributed by atoms with van der Waals surface area (Å²) in [6.07, 6.45) is 1.89. The fraction of sp³-hybridized carbons (Fsp3) is 0.562. The first-order chi connectivity index (χ1) is 11.9. The molecule has 1 heterocycles. The fourth-order valence-electron chi connectivity index (χ4n) is 2.53. The van der Waals surface area contributed by atoms with Gasteiger partial charge in [0, 0.05) is 26.3 Å². The van der Waals surface area contributed by atoms with Crippen LogP contribution in [0.3, 0.4) is 0 Å². The van der Waals surface area contributed by atoms with E-state index in [4.69, 9.17) is 14.2 Å². The van der Waals surface area contributed by atoms with Gasteiger partial charge in [0.15, 0.2) is 11.5 Å². The number of methoxy groups -OCH3 is 2. The van der Waals surface area contributed by atoms with Crippen LogP contribution in [0.2, 0.25) is 0 Å². The van der Waals surface area contributed by atoms with Crippen LogP contribution in [0.15, 0.2) is 23.1 Å². The largest absolute Gasteiger partial charge is 0.493 e. The Morgan fingerprint density at radius 3 is 2.64 bits per heavy atom. The second-order valence-electron chi connectivity index (χ2n) is 5.72. The van der Waals surface area contributed by atoms with Crippen molar-refractivity contribution in [3.8, 4) is 11.5 Å². The van der Waals surface area contributed by atoms with Crippen LogP contribution < -0.4 is 14.8 Å². The van der Waals surface area contributed by atoms with Gasteiger partial charge in [0.25, 0.3) is 0 Å². The van der Waals surface area contributed by atoms with E-state index in [9.17, 15) is 13.2 Å². The minimum Gasteiger partial charge on any atom is -0.493 e. The molecule has 0 radical (unpaired) electrons. The Labute approximate surface area is 148 Å². The number of sulfonamides is 1. The van der Waals surface area contributed by atoms with E-state index < -0.39 is 10.0 Å². The predicted molar refractivity (Wildman–Crippen MR) is 91.3 cm³/mol. The number of likely N-dealkylation sites (N-methyl/N-ethyl adjacent to an activating group) is 1. The molecule has 0 aliphatic carbocycles. The van der Waals surface area contributed by atoms with Crippen molar-refractivity contribution >= 4 is 15.9 Å². The van der Waals surface area contributed by atoms with E-state index in [1.54, 1.807) is 0 Å². The van der Waals surface area contributed by atoms with E-state index in [2.05, 4.69) is 5.32 Å². The van der Waals surface area contributed by atoms with Crippen LogP contribution in [-0.2, 0) is 19.6 Å². The number of carbonyl (C=O) groups is 1. The molecule has 1 N–H and O–H groups in total. The topological polar surface area (TPSA) is 94.2 Å². The summed E-state index contributed by atoms with van der Waals surface area (Å²) in [6.45, 7) is 0.820. The number of nitrogens with zero attached hydrogens (tertiary/aromatic N) is 1. The van der Waals surface area contributed by atoms with Crippen molar-refractivity contribution in [2.75, 3.05) is 41.0 Å². The van der Waals surface area contributed by atoms with E-state index in [1.807, 2.05) is 0 Å². The Hall–Kier alpha value is -1.84. The Morgan fingerprint density at radius 1 is 1.32 bits per heavy atom. The molecule has 2 rings (SSSR count). The van der Waals surface area contributed by atoms with Crippen LogP contribution in [0, 0.1) is 0 Å². The molecule has 25 heavy (non-hydrogen) atoms. The summed E-state index contributed by atoms with van der Waals surface area (Å²) in [4.78, 5) is 12.0. The van der Waals surface area contributed by atoms with Crippen LogP contribution >= 0.6 is 0 Å². The average molecular weight is 372 g/mol. The third kappa shape index (κ3) is 4.83. The number of ether oxygens (including phenoxy) is 3. The minimum absolute atomic E-state index is 0.0108. The molecule has 0 unspecified atom stereocenters. The van der Waals surface area contributed by atoms with Gasteiger partial charge < -0.3 is 19.5 Å². The molecule has 1 atom stereocenters. The van der Waals surface area contributed by atoms with Crippen molar-refractivity contribution in [3.05, 3.63) is 18.2 Å². The Morgan fingerprint density at radius 2 is 2.04 bits per heavy atom. The maximum Gasteiger partial charge on any atom is 0.243 e. The highest BCUT2D eigenvalue weighted by atomic mass is 32.2. The normalized spacial score (nSPS) is 17.5. The second-order valence-corrected chi connectivity index (χ2v) is 7.76. The molecular formula is C16H24N2O6S. The predicted octanol–water partition coefficient (Wildman–Crippen LogP) is 0.620. The van der Waals surface area contributed by atoms with E-state index in [-0.39, 0.29) is 23.5 Å². The molecule has 1 fully saturated rings. The average Bonchev–Trinajstić information content (AvgIpc) is 3.12. The van der Waals surface area contributed by atoms with Crippen molar-refractivity contribution in [1.29, 1.82) is 0 Å². The van der Waals surface area contributed by atoms with Gasteiger partial charge in [-0.15, -0.1) is 0 Å². The van der Waals surface area contributed by atoms with Crippen LogP contribution in [0.4, 0.5) is 0 Å². The summed E-state index contributed by atoms with van der Waals surface area (Å²) in [6, 6.07) is 4.30. The zero-order valence-electron chi connectivity index (χ0n) is 14.6. The summed E-state index contributed by atoms with van der Waals surface area (Å²) in [5.41, 5.74) is 0. The molecule has 1 saturated heterocycles. The van der Waals surface area contributed by atoms with Crippen LogP contribution in [-0.4, -0.2) is 65.7 Å². The third-order valence-corrected chi connectivity index (χ3v) is 5.78. The molecule has 0 bridgehead atoms. The molecule has 8 nitrogen and oxygen atoms in total. The molecule has 1 amide bonds. The van der Waals surface area contributed by atoms with Crippen molar-refractivity contribution < 1.29 is 27.4 Å². The SMILES string of the molecule is COc1ccc(S(=O)(=O)N(C)CC(=O)NC[C@H]2CCCO2)cc1OC. The van der Waals surface area contributed by atoms with Gasteiger partial charge in [-0.05, 0) is 25.0 Å². The molecule has 140 valence electrons. The first kappa shape index (κ1) is 19.5. The highest BCUT2D eigenvalue weighted by Crippen LogP contribution is 2.30.